The molecule has 158 valence electrons. The number of rotatable bonds is 4. The molecule has 0 N–H and O–H groups in total. The zero-order chi connectivity index (χ0) is 21.7. The molecule has 0 spiro atoms. The highest BCUT2D eigenvalue weighted by Crippen LogP contribution is 2.60. The quantitative estimate of drug-likeness (QED) is 0.526. The van der Waals surface area contributed by atoms with E-state index in [2.05, 4.69) is 6.07 Å². The van der Waals surface area contributed by atoms with Crippen molar-refractivity contribution in [3.05, 3.63) is 70.8 Å². The van der Waals surface area contributed by atoms with Crippen LogP contribution >= 0.6 is 11.6 Å². The molecule has 0 saturated heterocycles. The van der Waals surface area contributed by atoms with Gasteiger partial charge in [0.15, 0.2) is 0 Å². The van der Waals surface area contributed by atoms with Crippen LogP contribution in [0, 0.1) is 17.3 Å². The van der Waals surface area contributed by atoms with Crippen LogP contribution in [0.15, 0.2) is 59.6 Å². The van der Waals surface area contributed by atoms with Gasteiger partial charge in [-0.3, -0.25) is 4.79 Å². The normalized spacial score (nSPS) is 25.0. The summed E-state index contributed by atoms with van der Waals surface area (Å²) in [7, 11) is 0. The molecule has 2 nitrogen and oxygen atoms in total. The number of carbonyl (C=O) groups is 1. The van der Waals surface area contributed by atoms with Gasteiger partial charge in [-0.2, -0.15) is 13.2 Å². The van der Waals surface area contributed by atoms with Crippen molar-refractivity contribution in [3.63, 3.8) is 0 Å². The number of benzene rings is 2. The molecule has 2 aliphatic carbocycles. The number of ether oxygens (including phenoxy) is 1. The first kappa shape index (κ1) is 21.0. The van der Waals surface area contributed by atoms with Crippen molar-refractivity contribution in [3.8, 4) is 11.1 Å². The largest absolute Gasteiger partial charge is 0.461 e. The summed E-state index contributed by atoms with van der Waals surface area (Å²) in [4.78, 5) is 12.7. The fourth-order valence-electron chi connectivity index (χ4n) is 4.51. The number of hydrogen-bond donors (Lipinski definition) is 0. The lowest BCUT2D eigenvalue weighted by molar-refractivity contribution is -0.151. The minimum atomic E-state index is -4.60. The molecule has 1 fully saturated rings. The van der Waals surface area contributed by atoms with Gasteiger partial charge in [-0.25, -0.2) is 0 Å². The van der Waals surface area contributed by atoms with E-state index in [1.807, 2.05) is 42.5 Å². The average Bonchev–Trinajstić information content (AvgIpc) is 3.01. The second kappa shape index (κ2) is 7.45. The lowest BCUT2D eigenvalue weighted by Crippen LogP contribution is -2.21. The molecule has 1 unspecified atom stereocenters. The molecule has 0 heterocycles. The summed E-state index contributed by atoms with van der Waals surface area (Å²) < 4.78 is 44.0. The minimum Gasteiger partial charge on any atom is -0.461 e. The van der Waals surface area contributed by atoms with Crippen LogP contribution in [0.3, 0.4) is 0 Å². The number of hydrogen-bond acceptors (Lipinski definition) is 2. The molecule has 2 aliphatic rings. The van der Waals surface area contributed by atoms with Crippen LogP contribution in [0.25, 0.3) is 11.1 Å². The monoisotopic (exact) mass is 434 g/mol. The third kappa shape index (κ3) is 3.87. The Balaban J connectivity index is 1.47. The van der Waals surface area contributed by atoms with Gasteiger partial charge >= 0.3 is 12.1 Å². The molecule has 30 heavy (non-hydrogen) atoms. The Morgan fingerprint density at radius 3 is 2.47 bits per heavy atom. The van der Waals surface area contributed by atoms with Crippen LogP contribution in [0.5, 0.6) is 0 Å². The summed E-state index contributed by atoms with van der Waals surface area (Å²) in [6, 6.07) is 16.1. The molecule has 2 aromatic rings. The summed E-state index contributed by atoms with van der Waals surface area (Å²) in [5.41, 5.74) is 3.92. The SMILES string of the molecule is CC1(C)[C@H](C=C(Cl)C(F)(F)F)[C@@H]1C(=O)OC1Cc2cccc(-c3ccccc3)c2C1. The second-order valence-corrected chi connectivity index (χ2v) is 9.02. The first-order valence-corrected chi connectivity index (χ1v) is 10.3. The van der Waals surface area contributed by atoms with Crippen LogP contribution in [0.4, 0.5) is 13.2 Å². The van der Waals surface area contributed by atoms with Crippen molar-refractivity contribution in [2.45, 2.75) is 39.0 Å². The Morgan fingerprint density at radius 1 is 1.10 bits per heavy atom. The van der Waals surface area contributed by atoms with Crippen molar-refractivity contribution in [1.82, 2.24) is 0 Å². The molecule has 1 saturated carbocycles. The first-order valence-electron chi connectivity index (χ1n) is 9.90. The summed E-state index contributed by atoms with van der Waals surface area (Å²) in [6.07, 6.45) is -2.75. The summed E-state index contributed by atoms with van der Waals surface area (Å²) in [6.45, 7) is 3.52. The Morgan fingerprint density at radius 2 is 1.80 bits per heavy atom. The van der Waals surface area contributed by atoms with Crippen LogP contribution in [-0.4, -0.2) is 18.2 Å². The Kier molecular flexibility index (Phi) is 5.21. The maximum atomic E-state index is 12.8. The van der Waals surface area contributed by atoms with Gasteiger partial charge in [-0.1, -0.05) is 80.1 Å². The number of fused-ring (bicyclic) bond motifs is 1. The smallest absolute Gasteiger partial charge is 0.426 e. The van der Waals surface area contributed by atoms with Crippen molar-refractivity contribution in [1.29, 1.82) is 0 Å². The molecule has 0 aromatic heterocycles. The van der Waals surface area contributed by atoms with E-state index in [0.29, 0.717) is 12.8 Å². The molecule has 0 radical (unpaired) electrons. The van der Waals surface area contributed by atoms with E-state index in [1.54, 1.807) is 13.8 Å². The summed E-state index contributed by atoms with van der Waals surface area (Å²) >= 11 is 5.38. The van der Waals surface area contributed by atoms with Crippen molar-refractivity contribution in [2.75, 3.05) is 0 Å². The predicted octanol–water partition coefficient (Wildman–Crippen LogP) is 6.32. The van der Waals surface area contributed by atoms with E-state index < -0.39 is 34.4 Å². The Labute approximate surface area is 178 Å². The highest BCUT2D eigenvalue weighted by atomic mass is 35.5. The number of allylic oxidation sites excluding steroid dienone is 2. The number of alkyl halides is 3. The van der Waals surface area contributed by atoms with E-state index in [1.165, 1.54) is 0 Å². The molecular weight excluding hydrogens is 413 g/mol. The Bertz CT molecular complexity index is 995. The molecule has 3 atom stereocenters. The molecule has 6 heteroatoms. The molecule has 4 rings (SSSR count). The third-order valence-corrected chi connectivity index (χ3v) is 6.62. The van der Waals surface area contributed by atoms with Crippen molar-refractivity contribution >= 4 is 17.6 Å². The molecular formula is C24H22ClF3O2. The lowest BCUT2D eigenvalue weighted by Gasteiger charge is -2.12. The maximum Gasteiger partial charge on any atom is 0.426 e. The van der Waals surface area contributed by atoms with Gasteiger partial charge in [-0.05, 0) is 33.6 Å². The van der Waals surface area contributed by atoms with Crippen LogP contribution < -0.4 is 0 Å². The second-order valence-electron chi connectivity index (χ2n) is 8.61. The number of halogens is 4. The predicted molar refractivity (Wildman–Crippen MR) is 110 cm³/mol. The Hall–Kier alpha value is -2.27. The summed E-state index contributed by atoms with van der Waals surface area (Å²) in [5.74, 6) is -1.65. The van der Waals surface area contributed by atoms with Gasteiger partial charge < -0.3 is 4.74 Å². The van der Waals surface area contributed by atoms with Gasteiger partial charge in [0.05, 0.1) is 5.92 Å². The maximum absolute atomic E-state index is 12.8. The van der Waals surface area contributed by atoms with Crippen molar-refractivity contribution in [2.24, 2.45) is 17.3 Å². The van der Waals surface area contributed by atoms with Gasteiger partial charge in [0.25, 0.3) is 0 Å². The van der Waals surface area contributed by atoms with Gasteiger partial charge in [-0.15, -0.1) is 0 Å². The van der Waals surface area contributed by atoms with Crippen LogP contribution in [0.1, 0.15) is 25.0 Å². The fraction of sp³-hybridized carbons (Fsp3) is 0.375. The van der Waals surface area contributed by atoms with E-state index in [-0.39, 0.29) is 6.10 Å². The highest BCUT2D eigenvalue weighted by Gasteiger charge is 2.62. The van der Waals surface area contributed by atoms with E-state index >= 15 is 0 Å². The van der Waals surface area contributed by atoms with Crippen molar-refractivity contribution < 1.29 is 22.7 Å². The third-order valence-electron chi connectivity index (χ3n) is 6.28. The zero-order valence-electron chi connectivity index (χ0n) is 16.7. The molecule has 0 amide bonds. The van der Waals surface area contributed by atoms with E-state index in [4.69, 9.17) is 16.3 Å². The van der Waals surface area contributed by atoms with Gasteiger partial charge in [0, 0.05) is 12.8 Å². The van der Waals surface area contributed by atoms with E-state index in [9.17, 15) is 18.0 Å². The molecule has 2 aromatic carbocycles. The van der Waals surface area contributed by atoms with Gasteiger partial charge in [0.2, 0.25) is 0 Å². The lowest BCUT2D eigenvalue weighted by atomic mass is 9.97. The fourth-order valence-corrected chi connectivity index (χ4v) is 4.65. The molecule has 0 aliphatic heterocycles. The summed E-state index contributed by atoms with van der Waals surface area (Å²) in [5, 5.41) is -1.18. The zero-order valence-corrected chi connectivity index (χ0v) is 17.4. The van der Waals surface area contributed by atoms with Crippen LogP contribution in [0.2, 0.25) is 0 Å². The molecule has 0 bridgehead atoms. The first-order chi connectivity index (χ1) is 14.1. The number of esters is 1. The minimum absolute atomic E-state index is 0.309. The topological polar surface area (TPSA) is 26.3 Å². The van der Waals surface area contributed by atoms with E-state index in [0.717, 1.165) is 28.3 Å². The average molecular weight is 435 g/mol. The number of carbonyl (C=O) groups excluding carboxylic acids is 1. The standard InChI is InChI=1S/C24H22ClF3O2/c1-23(2)19(13-20(25)24(26,27)28)21(23)22(29)30-16-11-15-9-6-10-17(18(15)12-16)14-7-4-3-5-8-14/h3-10,13,16,19,21H,11-12H2,1-2H3/t16?,19-,21-/m1/s1. The van der Waals surface area contributed by atoms with Gasteiger partial charge in [0.1, 0.15) is 11.1 Å². The van der Waals surface area contributed by atoms with Crippen LogP contribution in [-0.2, 0) is 22.4 Å². The highest BCUT2D eigenvalue weighted by molar-refractivity contribution is 6.30.